The highest BCUT2D eigenvalue weighted by atomic mass is 19.4. The summed E-state index contributed by atoms with van der Waals surface area (Å²) in [5, 5.41) is 7.09. The van der Waals surface area contributed by atoms with Gasteiger partial charge in [0.25, 0.3) is 0 Å². The smallest absolute Gasteiger partial charge is 0.381 e. The standard InChI is InChI=1S/C26H32F3N7O/c27-26(28,29)20-15-32-24(33-17-3-1-9-30-13-17)35-22(20)19-14-31-23-18(19)4-5-21(34-23)36-10-2-6-25(16-36)7-11-37-12-8-25/h4-5,14-15,17,30H,1-3,6-13,16H2,(H,31,34)(H,32,33,35). The average Bonchev–Trinajstić information content (AvgIpc) is 3.32. The molecule has 3 N–H and O–H groups in total. The number of piperidine rings is 2. The second-order valence-corrected chi connectivity index (χ2v) is 10.5. The van der Waals surface area contributed by atoms with E-state index in [-0.39, 0.29) is 23.1 Å². The first kappa shape index (κ1) is 24.4. The Labute approximate surface area is 213 Å². The highest BCUT2D eigenvalue weighted by molar-refractivity contribution is 5.94. The first-order valence-electron chi connectivity index (χ1n) is 13.1. The van der Waals surface area contributed by atoms with E-state index in [1.807, 2.05) is 12.1 Å². The maximum Gasteiger partial charge on any atom is 0.419 e. The first-order chi connectivity index (χ1) is 17.9. The van der Waals surface area contributed by atoms with Gasteiger partial charge < -0.3 is 25.3 Å². The maximum absolute atomic E-state index is 14.0. The van der Waals surface area contributed by atoms with E-state index in [0.717, 1.165) is 83.5 Å². The third-order valence-electron chi connectivity index (χ3n) is 8.04. The molecule has 3 saturated heterocycles. The SMILES string of the molecule is FC(F)(F)c1cnc(NC2CCCNC2)nc1-c1c[nH]c2nc(N3CCCC4(CCOCC4)C3)ccc12. The van der Waals surface area contributed by atoms with Crippen molar-refractivity contribution in [1.29, 1.82) is 0 Å². The molecule has 3 aliphatic rings. The molecular weight excluding hydrogens is 483 g/mol. The van der Waals surface area contributed by atoms with Gasteiger partial charge in [-0.1, -0.05) is 0 Å². The van der Waals surface area contributed by atoms with E-state index in [4.69, 9.17) is 9.72 Å². The predicted octanol–water partition coefficient (Wildman–Crippen LogP) is 4.60. The molecule has 1 unspecified atom stereocenters. The Hall–Kier alpha value is -2.92. The third-order valence-corrected chi connectivity index (χ3v) is 8.04. The molecule has 6 heterocycles. The van der Waals surface area contributed by atoms with Gasteiger partial charge in [0.05, 0.1) is 5.69 Å². The summed E-state index contributed by atoms with van der Waals surface area (Å²) >= 11 is 0. The fourth-order valence-corrected chi connectivity index (χ4v) is 6.00. The minimum atomic E-state index is -4.58. The van der Waals surface area contributed by atoms with Gasteiger partial charge in [-0.15, -0.1) is 0 Å². The Morgan fingerprint density at radius 1 is 1.11 bits per heavy atom. The second kappa shape index (κ2) is 9.75. The van der Waals surface area contributed by atoms with Gasteiger partial charge in [-0.05, 0) is 62.6 Å². The Bertz CT molecular complexity index is 1240. The van der Waals surface area contributed by atoms with Gasteiger partial charge in [-0.2, -0.15) is 13.2 Å². The van der Waals surface area contributed by atoms with E-state index < -0.39 is 11.7 Å². The molecule has 3 fully saturated rings. The summed E-state index contributed by atoms with van der Waals surface area (Å²) in [4.78, 5) is 18.6. The first-order valence-corrected chi connectivity index (χ1v) is 13.1. The number of nitrogens with one attached hydrogen (secondary N) is 3. The van der Waals surface area contributed by atoms with Gasteiger partial charge in [-0.3, -0.25) is 0 Å². The van der Waals surface area contributed by atoms with Crippen LogP contribution in [0.15, 0.2) is 24.5 Å². The molecule has 1 atom stereocenters. The summed E-state index contributed by atoms with van der Waals surface area (Å²) in [7, 11) is 0. The zero-order valence-corrected chi connectivity index (χ0v) is 20.7. The minimum absolute atomic E-state index is 0.0779. The molecule has 11 heteroatoms. The minimum Gasteiger partial charge on any atom is -0.381 e. The van der Waals surface area contributed by atoms with Crippen LogP contribution in [0.1, 0.15) is 44.1 Å². The zero-order chi connectivity index (χ0) is 25.5. The molecule has 3 aromatic rings. The Morgan fingerprint density at radius 3 is 2.76 bits per heavy atom. The fourth-order valence-electron chi connectivity index (χ4n) is 6.00. The molecule has 3 aliphatic heterocycles. The summed E-state index contributed by atoms with van der Waals surface area (Å²) < 4.78 is 47.5. The highest BCUT2D eigenvalue weighted by Crippen LogP contribution is 2.42. The van der Waals surface area contributed by atoms with Crippen molar-refractivity contribution in [2.45, 2.75) is 50.7 Å². The van der Waals surface area contributed by atoms with Gasteiger partial charge in [-0.25, -0.2) is 15.0 Å². The normalized spacial score (nSPS) is 22.5. The second-order valence-electron chi connectivity index (χ2n) is 10.5. The van der Waals surface area contributed by atoms with Gasteiger partial charge in [0.1, 0.15) is 17.0 Å². The van der Waals surface area contributed by atoms with Crippen molar-refractivity contribution < 1.29 is 17.9 Å². The fraction of sp³-hybridized carbons (Fsp3) is 0.577. The van der Waals surface area contributed by atoms with E-state index in [9.17, 15) is 13.2 Å². The molecule has 0 aromatic carbocycles. The van der Waals surface area contributed by atoms with Gasteiger partial charge >= 0.3 is 6.18 Å². The molecule has 3 aromatic heterocycles. The van der Waals surface area contributed by atoms with Crippen LogP contribution in [0.2, 0.25) is 0 Å². The quantitative estimate of drug-likeness (QED) is 0.468. The number of aromatic nitrogens is 4. The highest BCUT2D eigenvalue weighted by Gasteiger charge is 2.38. The lowest BCUT2D eigenvalue weighted by Crippen LogP contribution is -2.46. The summed E-state index contributed by atoms with van der Waals surface area (Å²) in [5.41, 5.74) is 0.175. The van der Waals surface area contributed by atoms with Crippen LogP contribution in [0.25, 0.3) is 22.3 Å². The van der Waals surface area contributed by atoms with Crippen LogP contribution < -0.4 is 15.5 Å². The number of hydrogen-bond acceptors (Lipinski definition) is 7. The van der Waals surface area contributed by atoms with Gasteiger partial charge in [0.15, 0.2) is 0 Å². The topological polar surface area (TPSA) is 91.0 Å². The number of H-pyrrole nitrogens is 1. The number of anilines is 2. The lowest BCUT2D eigenvalue weighted by atomic mass is 9.74. The van der Waals surface area contributed by atoms with Crippen LogP contribution in [0.3, 0.4) is 0 Å². The number of hydrogen-bond donors (Lipinski definition) is 3. The Kier molecular flexibility index (Phi) is 6.44. The van der Waals surface area contributed by atoms with Crippen molar-refractivity contribution >= 4 is 22.8 Å². The lowest BCUT2D eigenvalue weighted by Gasteiger charge is -2.45. The summed E-state index contributed by atoms with van der Waals surface area (Å²) in [6.45, 7) is 5.12. The number of alkyl halides is 3. The third kappa shape index (κ3) is 4.98. The van der Waals surface area contributed by atoms with Crippen molar-refractivity contribution in [2.24, 2.45) is 5.41 Å². The molecule has 8 nitrogen and oxygen atoms in total. The van der Waals surface area contributed by atoms with Crippen LogP contribution >= 0.6 is 0 Å². The summed E-state index contributed by atoms with van der Waals surface area (Å²) in [5.74, 6) is 1.04. The van der Waals surface area contributed by atoms with Crippen LogP contribution in [-0.4, -0.2) is 65.4 Å². The number of halogens is 3. The van der Waals surface area contributed by atoms with Crippen molar-refractivity contribution in [2.75, 3.05) is 49.6 Å². The monoisotopic (exact) mass is 515 g/mol. The van der Waals surface area contributed by atoms with Crippen molar-refractivity contribution in [3.63, 3.8) is 0 Å². The number of ether oxygens (including phenoxy) is 1. The van der Waals surface area contributed by atoms with E-state index in [1.165, 1.54) is 6.42 Å². The van der Waals surface area contributed by atoms with Crippen molar-refractivity contribution in [1.82, 2.24) is 25.3 Å². The van der Waals surface area contributed by atoms with E-state index >= 15 is 0 Å². The summed E-state index contributed by atoms with van der Waals surface area (Å²) in [6.07, 6.45) is 4.18. The number of nitrogens with zero attached hydrogens (tertiary/aromatic N) is 4. The number of fused-ring (bicyclic) bond motifs is 1. The molecule has 37 heavy (non-hydrogen) atoms. The Balaban J connectivity index is 1.31. The van der Waals surface area contributed by atoms with E-state index in [0.29, 0.717) is 16.6 Å². The maximum atomic E-state index is 14.0. The molecule has 198 valence electrons. The molecule has 0 bridgehead atoms. The van der Waals surface area contributed by atoms with E-state index in [2.05, 4.69) is 30.5 Å². The van der Waals surface area contributed by atoms with Crippen molar-refractivity contribution in [3.05, 3.63) is 30.1 Å². The van der Waals surface area contributed by atoms with Gasteiger partial charge in [0.2, 0.25) is 5.95 Å². The van der Waals surface area contributed by atoms with Crippen LogP contribution in [0.5, 0.6) is 0 Å². The molecule has 1 spiro atoms. The molecule has 6 rings (SSSR count). The van der Waals surface area contributed by atoms with Crippen LogP contribution in [0.4, 0.5) is 24.9 Å². The average molecular weight is 516 g/mol. The van der Waals surface area contributed by atoms with Crippen LogP contribution in [-0.2, 0) is 10.9 Å². The zero-order valence-electron chi connectivity index (χ0n) is 20.7. The molecule has 0 amide bonds. The summed E-state index contributed by atoms with van der Waals surface area (Å²) in [6, 6.07) is 3.85. The largest absolute Gasteiger partial charge is 0.419 e. The number of pyridine rings is 1. The van der Waals surface area contributed by atoms with Crippen molar-refractivity contribution in [3.8, 4) is 11.3 Å². The molecular formula is C26H32F3N7O. The van der Waals surface area contributed by atoms with E-state index in [1.54, 1.807) is 6.20 Å². The molecule has 0 aliphatic carbocycles. The molecule has 0 radical (unpaired) electrons. The molecule has 0 saturated carbocycles. The number of rotatable bonds is 4. The number of aromatic amines is 1. The lowest BCUT2D eigenvalue weighted by molar-refractivity contribution is -0.137. The van der Waals surface area contributed by atoms with Crippen LogP contribution in [0, 0.1) is 5.41 Å². The predicted molar refractivity (Wildman–Crippen MR) is 136 cm³/mol. The van der Waals surface area contributed by atoms with Gasteiger partial charge in [0, 0.05) is 62.2 Å². The Morgan fingerprint density at radius 2 is 1.97 bits per heavy atom.